The van der Waals surface area contributed by atoms with Crippen molar-refractivity contribution in [2.45, 2.75) is 64.9 Å². The van der Waals surface area contributed by atoms with Crippen LogP contribution >= 0.6 is 11.8 Å². The van der Waals surface area contributed by atoms with E-state index in [9.17, 15) is 4.79 Å². The van der Waals surface area contributed by atoms with Crippen LogP contribution in [0.1, 0.15) is 56.8 Å². The molecule has 2 aromatic carbocycles. The molecule has 3 aromatic rings. The summed E-state index contributed by atoms with van der Waals surface area (Å²) < 4.78 is 13.4. The van der Waals surface area contributed by atoms with Crippen molar-refractivity contribution in [1.29, 1.82) is 0 Å². The zero-order valence-electron chi connectivity index (χ0n) is 20.9. The number of rotatable bonds is 9. The van der Waals surface area contributed by atoms with Crippen LogP contribution in [0, 0.1) is 6.92 Å². The van der Waals surface area contributed by atoms with Crippen molar-refractivity contribution in [2.75, 3.05) is 11.1 Å². The molecule has 0 bridgehead atoms. The second-order valence-electron chi connectivity index (χ2n) is 8.88. The van der Waals surface area contributed by atoms with Crippen molar-refractivity contribution in [3.05, 3.63) is 76.5 Å². The number of aryl methyl sites for hydroxylation is 1. The molecule has 0 saturated carbocycles. The number of carbonyl (C=O) groups is 1. The van der Waals surface area contributed by atoms with E-state index in [-0.39, 0.29) is 12.1 Å². The van der Waals surface area contributed by atoms with Crippen molar-refractivity contribution in [3.63, 3.8) is 0 Å². The first-order chi connectivity index (χ1) is 16.9. The minimum Gasteiger partial charge on any atom is -0.489 e. The van der Waals surface area contributed by atoms with Crippen molar-refractivity contribution in [2.24, 2.45) is 0 Å². The predicted molar refractivity (Wildman–Crippen MR) is 139 cm³/mol. The first-order valence-electron chi connectivity index (χ1n) is 11.9. The third-order valence-corrected chi connectivity index (χ3v) is 6.56. The van der Waals surface area contributed by atoms with E-state index in [1.807, 2.05) is 51.1 Å². The molecule has 35 heavy (non-hydrogen) atoms. The summed E-state index contributed by atoms with van der Waals surface area (Å²) >= 11 is 1.60. The summed E-state index contributed by atoms with van der Waals surface area (Å²) in [5.41, 5.74) is 4.47. The molecule has 1 unspecified atom stereocenters. The maximum Gasteiger partial charge on any atom is 0.338 e. The maximum atomic E-state index is 13.1. The lowest BCUT2D eigenvalue weighted by molar-refractivity contribution is -0.143. The van der Waals surface area contributed by atoms with Gasteiger partial charge in [0.2, 0.25) is 11.1 Å². The van der Waals surface area contributed by atoms with Crippen LogP contribution in [0.4, 0.5) is 5.95 Å². The molecule has 0 radical (unpaired) electrons. The Hall–Kier alpha value is -3.26. The number of thioether (sulfide) groups is 1. The first-order valence-corrected chi connectivity index (χ1v) is 12.9. The van der Waals surface area contributed by atoms with Gasteiger partial charge in [-0.3, -0.25) is 0 Å². The van der Waals surface area contributed by atoms with Gasteiger partial charge in [0.05, 0.1) is 11.7 Å². The minimum atomic E-state index is -0.452. The lowest BCUT2D eigenvalue weighted by Gasteiger charge is -2.28. The highest BCUT2D eigenvalue weighted by Crippen LogP contribution is 2.37. The number of esters is 1. The van der Waals surface area contributed by atoms with Gasteiger partial charge >= 0.3 is 5.97 Å². The summed E-state index contributed by atoms with van der Waals surface area (Å²) in [7, 11) is 0. The molecule has 1 N–H and O–H groups in total. The number of carbonyl (C=O) groups excluding carboxylic acids is 1. The zero-order valence-corrected chi connectivity index (χ0v) is 21.7. The highest BCUT2D eigenvalue weighted by Gasteiger charge is 2.35. The summed E-state index contributed by atoms with van der Waals surface area (Å²) in [6, 6.07) is 15.6. The standard InChI is InChI=1S/C27H32N4O3S/c1-6-14-35-27-29-26-28-19(5)23(25(32)34-17(2)3)24(31(26)30-27)21-10-12-22(13-11-21)33-16-20-9-7-8-18(4)15-20/h7-13,15,17,24H,6,14,16H2,1-5H3,(H,28,29,30). The van der Waals surface area contributed by atoms with Crippen molar-refractivity contribution < 1.29 is 14.3 Å². The highest BCUT2D eigenvalue weighted by molar-refractivity contribution is 7.99. The molecular weight excluding hydrogens is 460 g/mol. The largest absolute Gasteiger partial charge is 0.489 e. The van der Waals surface area contributed by atoms with E-state index < -0.39 is 6.04 Å². The fourth-order valence-corrected chi connectivity index (χ4v) is 4.63. The van der Waals surface area contributed by atoms with Gasteiger partial charge in [-0.05, 0) is 57.4 Å². The number of nitrogens with zero attached hydrogens (tertiary/aromatic N) is 3. The Morgan fingerprint density at radius 2 is 1.94 bits per heavy atom. The first kappa shape index (κ1) is 24.9. The molecule has 0 amide bonds. The fraction of sp³-hybridized carbons (Fsp3) is 0.370. The summed E-state index contributed by atoms with van der Waals surface area (Å²) in [5, 5.41) is 8.66. The van der Waals surface area contributed by atoms with Crippen LogP contribution in [-0.2, 0) is 16.1 Å². The molecule has 0 fully saturated rings. The SMILES string of the molecule is CCCSc1nc2n(n1)C(c1ccc(OCc3cccc(C)c3)cc1)C(C(=O)OC(C)C)=C(C)N2. The maximum absolute atomic E-state index is 13.1. The second kappa shape index (κ2) is 11.0. The molecule has 4 rings (SSSR count). The molecule has 184 valence electrons. The number of anilines is 1. The van der Waals surface area contributed by atoms with Crippen LogP contribution in [0.2, 0.25) is 0 Å². The molecule has 8 heteroatoms. The number of benzene rings is 2. The van der Waals surface area contributed by atoms with E-state index in [0.717, 1.165) is 29.1 Å². The normalized spacial score (nSPS) is 15.1. The van der Waals surface area contributed by atoms with Crippen LogP contribution in [0.3, 0.4) is 0 Å². The molecule has 1 aliphatic heterocycles. The van der Waals surface area contributed by atoms with Crippen molar-refractivity contribution >= 4 is 23.7 Å². The predicted octanol–water partition coefficient (Wildman–Crippen LogP) is 5.91. The van der Waals surface area contributed by atoms with Crippen molar-refractivity contribution in [1.82, 2.24) is 14.8 Å². The van der Waals surface area contributed by atoms with E-state index in [2.05, 4.69) is 42.3 Å². The Morgan fingerprint density at radius 1 is 1.17 bits per heavy atom. The summed E-state index contributed by atoms with van der Waals surface area (Å²) in [5.74, 6) is 1.94. The second-order valence-corrected chi connectivity index (χ2v) is 9.94. The number of hydrogen-bond donors (Lipinski definition) is 1. The Bertz CT molecular complexity index is 1220. The van der Waals surface area contributed by atoms with Gasteiger partial charge in [-0.15, -0.1) is 5.10 Å². The number of allylic oxidation sites excluding steroid dienone is 1. The number of fused-ring (bicyclic) bond motifs is 1. The van der Waals surface area contributed by atoms with Gasteiger partial charge in [0, 0.05) is 11.4 Å². The molecule has 0 saturated heterocycles. The van der Waals surface area contributed by atoms with E-state index in [4.69, 9.17) is 14.6 Å². The van der Waals surface area contributed by atoms with Gasteiger partial charge in [0.1, 0.15) is 18.4 Å². The summed E-state index contributed by atoms with van der Waals surface area (Å²) in [4.78, 5) is 17.8. The van der Waals surface area contributed by atoms with Gasteiger partial charge < -0.3 is 14.8 Å². The molecule has 1 atom stereocenters. The van der Waals surface area contributed by atoms with E-state index in [1.54, 1.807) is 16.4 Å². The number of ether oxygens (including phenoxy) is 2. The smallest absolute Gasteiger partial charge is 0.338 e. The topological polar surface area (TPSA) is 78.3 Å². The van der Waals surface area contributed by atoms with Crippen LogP contribution in [0.25, 0.3) is 0 Å². The number of aromatic nitrogens is 3. The lowest BCUT2D eigenvalue weighted by Crippen LogP contribution is -2.30. The fourth-order valence-electron chi connectivity index (χ4n) is 3.95. The Kier molecular flexibility index (Phi) is 7.80. The van der Waals surface area contributed by atoms with Gasteiger partial charge in [-0.1, -0.05) is 60.6 Å². The van der Waals surface area contributed by atoms with Crippen LogP contribution < -0.4 is 10.1 Å². The van der Waals surface area contributed by atoms with Crippen LogP contribution in [-0.4, -0.2) is 32.6 Å². The van der Waals surface area contributed by atoms with Gasteiger partial charge in [0.25, 0.3) is 0 Å². The Morgan fingerprint density at radius 3 is 2.63 bits per heavy atom. The van der Waals surface area contributed by atoms with E-state index in [1.165, 1.54) is 5.56 Å². The van der Waals surface area contributed by atoms with Crippen molar-refractivity contribution in [3.8, 4) is 5.75 Å². The average molecular weight is 493 g/mol. The molecule has 2 heterocycles. The van der Waals surface area contributed by atoms with Gasteiger partial charge in [-0.2, -0.15) is 4.98 Å². The molecular formula is C27H32N4O3S. The van der Waals surface area contributed by atoms with Crippen LogP contribution in [0.5, 0.6) is 5.75 Å². The van der Waals surface area contributed by atoms with E-state index in [0.29, 0.717) is 29.0 Å². The third kappa shape index (κ3) is 5.88. The zero-order chi connectivity index (χ0) is 24.9. The van der Waals surface area contributed by atoms with Gasteiger partial charge in [0.15, 0.2) is 0 Å². The number of hydrogen-bond acceptors (Lipinski definition) is 7. The molecule has 1 aromatic heterocycles. The molecule has 1 aliphatic rings. The van der Waals surface area contributed by atoms with E-state index >= 15 is 0 Å². The monoisotopic (exact) mass is 492 g/mol. The molecule has 0 aliphatic carbocycles. The third-order valence-electron chi connectivity index (χ3n) is 5.51. The summed E-state index contributed by atoms with van der Waals surface area (Å²) in [6.07, 6.45) is 0.798. The molecule has 0 spiro atoms. The lowest BCUT2D eigenvalue weighted by atomic mass is 9.95. The number of nitrogens with one attached hydrogen (secondary N) is 1. The van der Waals surface area contributed by atoms with Crippen LogP contribution in [0.15, 0.2) is 65.0 Å². The highest BCUT2D eigenvalue weighted by atomic mass is 32.2. The minimum absolute atomic E-state index is 0.228. The Balaban J connectivity index is 1.63. The average Bonchev–Trinajstić information content (AvgIpc) is 3.22. The Labute approximate surface area is 210 Å². The summed E-state index contributed by atoms with van der Waals surface area (Å²) in [6.45, 7) is 10.3. The molecule has 7 nitrogen and oxygen atoms in total. The van der Waals surface area contributed by atoms with Gasteiger partial charge in [-0.25, -0.2) is 9.48 Å². The quantitative estimate of drug-likeness (QED) is 0.294.